The van der Waals surface area contributed by atoms with Gasteiger partial charge in [0.1, 0.15) is 6.61 Å². The van der Waals surface area contributed by atoms with Crippen molar-refractivity contribution in [2.45, 2.75) is 24.5 Å². The number of aliphatic hydroxyl groups is 2. The fraction of sp³-hybridized carbons (Fsp3) is 0.368. The lowest BCUT2D eigenvalue weighted by atomic mass is 10.1. The van der Waals surface area contributed by atoms with Crippen molar-refractivity contribution in [3.05, 3.63) is 53.1 Å². The molecule has 0 aliphatic rings. The molecule has 0 spiro atoms. The fourth-order valence-corrected chi connectivity index (χ4v) is 3.47. The summed E-state index contributed by atoms with van der Waals surface area (Å²) in [6.45, 7) is 2.57. The van der Waals surface area contributed by atoms with Gasteiger partial charge in [-0.15, -0.1) is 0 Å². The second-order valence-corrected chi connectivity index (χ2v) is 7.81. The summed E-state index contributed by atoms with van der Waals surface area (Å²) in [5, 5.41) is 27.7. The molecule has 0 bridgehead atoms. The Morgan fingerprint density at radius 1 is 1.18 bits per heavy atom. The molecular weight excluding hydrogens is 384 g/mol. The number of methoxy groups -OCH3 is 1. The van der Waals surface area contributed by atoms with Crippen molar-refractivity contribution < 1.29 is 28.1 Å². The highest BCUT2D eigenvalue weighted by Crippen LogP contribution is 2.28. The number of aliphatic hydroxyl groups excluding tert-OH is 2. The first kappa shape index (κ1) is 22.1. The van der Waals surface area contributed by atoms with Crippen molar-refractivity contribution in [2.75, 3.05) is 26.8 Å². The summed E-state index contributed by atoms with van der Waals surface area (Å²) < 4.78 is 34.1. The first-order valence-corrected chi connectivity index (χ1v) is 10.2. The highest BCUT2D eigenvalue weighted by molar-refractivity contribution is 7.89. The first-order chi connectivity index (χ1) is 13.3. The number of sulfonamides is 1. The third-order valence-corrected chi connectivity index (χ3v) is 5.24. The van der Waals surface area contributed by atoms with E-state index in [0.717, 1.165) is 5.56 Å². The first-order valence-electron chi connectivity index (χ1n) is 8.69. The lowest BCUT2D eigenvalue weighted by molar-refractivity contribution is 0.171. The summed E-state index contributed by atoms with van der Waals surface area (Å²) in [6.07, 6.45) is -0.889. The average molecular weight is 410 g/mol. The lowest BCUT2D eigenvalue weighted by Gasteiger charge is -2.15. The molecule has 0 amide bonds. The number of aryl methyl sites for hydroxylation is 1. The number of benzene rings is 2. The molecule has 154 valence electrons. The van der Waals surface area contributed by atoms with Gasteiger partial charge in [0.2, 0.25) is 10.0 Å². The summed E-state index contributed by atoms with van der Waals surface area (Å²) in [6, 6.07) is 9.84. The van der Waals surface area contributed by atoms with E-state index in [1.807, 2.05) is 0 Å². The molecular formula is C19H26N2O6S. The average Bonchev–Trinajstić information content (AvgIpc) is 2.67. The fourth-order valence-electron chi connectivity index (χ4n) is 2.65. The molecule has 1 atom stereocenters. The predicted molar refractivity (Wildman–Crippen MR) is 105 cm³/mol. The van der Waals surface area contributed by atoms with Crippen LogP contribution in [-0.4, -0.2) is 45.4 Å². The number of nitrogens with two attached hydrogens (primary N) is 1. The zero-order valence-electron chi connectivity index (χ0n) is 15.9. The minimum absolute atomic E-state index is 0.00537. The number of rotatable bonds is 10. The molecule has 2 aromatic rings. The highest BCUT2D eigenvalue weighted by Gasteiger charge is 2.15. The molecule has 28 heavy (non-hydrogen) atoms. The summed E-state index contributed by atoms with van der Waals surface area (Å²) in [5.74, 6) is 1.08. The van der Waals surface area contributed by atoms with Crippen molar-refractivity contribution in [3.63, 3.8) is 0 Å². The van der Waals surface area contributed by atoms with E-state index in [4.69, 9.17) is 19.7 Å². The third-order valence-electron chi connectivity index (χ3n) is 4.19. The molecule has 2 aromatic carbocycles. The van der Waals surface area contributed by atoms with E-state index >= 15 is 0 Å². The number of nitrogens with one attached hydrogen (secondary N) is 1. The van der Waals surface area contributed by atoms with Gasteiger partial charge in [0.15, 0.2) is 11.5 Å². The second kappa shape index (κ2) is 9.85. The summed E-state index contributed by atoms with van der Waals surface area (Å²) in [4.78, 5) is 0.00537. The Kier molecular flexibility index (Phi) is 7.78. The van der Waals surface area contributed by atoms with Gasteiger partial charge < -0.3 is 25.0 Å². The van der Waals surface area contributed by atoms with Crippen LogP contribution in [0.4, 0.5) is 0 Å². The Morgan fingerprint density at radius 2 is 1.93 bits per heavy atom. The topological polar surface area (TPSA) is 131 Å². The zero-order valence-corrected chi connectivity index (χ0v) is 16.7. The van der Waals surface area contributed by atoms with Crippen molar-refractivity contribution in [1.29, 1.82) is 0 Å². The molecule has 8 nitrogen and oxygen atoms in total. The molecule has 0 saturated carbocycles. The van der Waals surface area contributed by atoms with E-state index in [1.54, 1.807) is 37.3 Å². The van der Waals surface area contributed by atoms with Crippen LogP contribution in [0.25, 0.3) is 0 Å². The van der Waals surface area contributed by atoms with Crippen LogP contribution in [0.3, 0.4) is 0 Å². The monoisotopic (exact) mass is 410 g/mol. The standard InChI is InChI=1S/C19H26N2O6S/c1-13-3-5-15(10-19(13)28(20,24)25)16(23)11-21-7-8-27-17-6-4-14(12-22)9-18(17)26-2/h3-6,9-10,16,21-23H,7-8,11-12H2,1-2H3,(H2,20,24,25). The molecule has 9 heteroatoms. The molecule has 0 radical (unpaired) electrons. The van der Waals surface area contributed by atoms with Gasteiger partial charge in [-0.1, -0.05) is 18.2 Å². The molecule has 0 aromatic heterocycles. The van der Waals surface area contributed by atoms with Gasteiger partial charge in [-0.05, 0) is 41.8 Å². The summed E-state index contributed by atoms with van der Waals surface area (Å²) in [5.41, 5.74) is 1.72. The van der Waals surface area contributed by atoms with Crippen molar-refractivity contribution >= 4 is 10.0 Å². The van der Waals surface area contributed by atoms with Crippen LogP contribution in [0, 0.1) is 6.92 Å². The minimum atomic E-state index is -3.84. The van der Waals surface area contributed by atoms with Crippen LogP contribution in [-0.2, 0) is 16.6 Å². The lowest BCUT2D eigenvalue weighted by Crippen LogP contribution is -2.26. The van der Waals surface area contributed by atoms with Gasteiger partial charge in [0.25, 0.3) is 0 Å². The highest BCUT2D eigenvalue weighted by atomic mass is 32.2. The van der Waals surface area contributed by atoms with Gasteiger partial charge in [0, 0.05) is 13.1 Å². The zero-order chi connectivity index (χ0) is 20.7. The molecule has 0 fully saturated rings. The second-order valence-electron chi connectivity index (χ2n) is 6.28. The summed E-state index contributed by atoms with van der Waals surface area (Å²) in [7, 11) is -2.32. The Labute approximate surface area is 165 Å². The Bertz CT molecular complexity index is 901. The SMILES string of the molecule is COc1cc(CO)ccc1OCCNCC(O)c1ccc(C)c(S(N)(=O)=O)c1. The molecule has 0 aliphatic heterocycles. The number of ether oxygens (including phenoxy) is 2. The maximum Gasteiger partial charge on any atom is 0.238 e. The Balaban J connectivity index is 1.86. The van der Waals surface area contributed by atoms with E-state index in [-0.39, 0.29) is 18.0 Å². The van der Waals surface area contributed by atoms with E-state index < -0.39 is 16.1 Å². The maximum absolute atomic E-state index is 11.6. The number of hydrogen-bond donors (Lipinski definition) is 4. The minimum Gasteiger partial charge on any atom is -0.493 e. The quantitative estimate of drug-likeness (QED) is 0.427. The molecule has 0 aliphatic carbocycles. The Hall–Kier alpha value is -2.17. The third kappa shape index (κ3) is 5.91. The molecule has 5 N–H and O–H groups in total. The molecule has 2 rings (SSSR count). The van der Waals surface area contributed by atoms with E-state index in [0.29, 0.717) is 35.8 Å². The van der Waals surface area contributed by atoms with Crippen LogP contribution in [0.5, 0.6) is 11.5 Å². The molecule has 0 saturated heterocycles. The van der Waals surface area contributed by atoms with Crippen molar-refractivity contribution in [2.24, 2.45) is 5.14 Å². The van der Waals surface area contributed by atoms with Crippen molar-refractivity contribution in [3.8, 4) is 11.5 Å². The molecule has 0 heterocycles. The van der Waals surface area contributed by atoms with Crippen LogP contribution in [0.1, 0.15) is 22.8 Å². The number of hydrogen-bond acceptors (Lipinski definition) is 7. The smallest absolute Gasteiger partial charge is 0.238 e. The van der Waals surface area contributed by atoms with E-state index in [9.17, 15) is 13.5 Å². The van der Waals surface area contributed by atoms with Crippen LogP contribution < -0.4 is 19.9 Å². The maximum atomic E-state index is 11.6. The van der Waals surface area contributed by atoms with E-state index in [2.05, 4.69) is 5.32 Å². The normalized spacial score (nSPS) is 12.6. The van der Waals surface area contributed by atoms with Gasteiger partial charge in [-0.25, -0.2) is 13.6 Å². The van der Waals surface area contributed by atoms with Crippen LogP contribution in [0.2, 0.25) is 0 Å². The summed E-state index contributed by atoms with van der Waals surface area (Å²) >= 11 is 0. The van der Waals surface area contributed by atoms with Crippen LogP contribution >= 0.6 is 0 Å². The Morgan fingerprint density at radius 3 is 2.57 bits per heavy atom. The predicted octanol–water partition coefficient (Wildman–Crippen LogP) is 0.845. The largest absolute Gasteiger partial charge is 0.493 e. The van der Waals surface area contributed by atoms with E-state index in [1.165, 1.54) is 13.2 Å². The van der Waals surface area contributed by atoms with Gasteiger partial charge in [-0.2, -0.15) is 0 Å². The van der Waals surface area contributed by atoms with Crippen LogP contribution in [0.15, 0.2) is 41.3 Å². The van der Waals surface area contributed by atoms with Crippen molar-refractivity contribution in [1.82, 2.24) is 5.32 Å². The van der Waals surface area contributed by atoms with Gasteiger partial charge in [0.05, 0.1) is 24.7 Å². The molecule has 1 unspecified atom stereocenters. The number of primary sulfonamides is 1. The van der Waals surface area contributed by atoms with Gasteiger partial charge in [-0.3, -0.25) is 0 Å². The van der Waals surface area contributed by atoms with Gasteiger partial charge >= 0.3 is 0 Å².